The number of nitrogens with zero attached hydrogens (tertiary/aromatic N) is 1. The molecule has 0 rings (SSSR count). The molecule has 0 heterocycles. The van der Waals surface area contributed by atoms with E-state index in [-0.39, 0.29) is 5.91 Å². The zero-order chi connectivity index (χ0) is 12.7. The lowest BCUT2D eigenvalue weighted by Gasteiger charge is -2.13. The van der Waals surface area contributed by atoms with Crippen molar-refractivity contribution in [2.45, 2.75) is 13.0 Å². The molecule has 0 aliphatic rings. The van der Waals surface area contributed by atoms with Crippen LogP contribution in [-0.2, 0) is 9.53 Å². The molecule has 0 spiro atoms. The van der Waals surface area contributed by atoms with E-state index in [1.807, 2.05) is 0 Å². The highest BCUT2D eigenvalue weighted by atomic mass is 16.5. The minimum atomic E-state index is -0.822. The van der Waals surface area contributed by atoms with Crippen molar-refractivity contribution in [3.63, 3.8) is 0 Å². The van der Waals surface area contributed by atoms with Crippen LogP contribution in [0.5, 0.6) is 0 Å². The largest absolute Gasteiger partial charge is 0.453 e. The van der Waals surface area contributed by atoms with Crippen LogP contribution >= 0.6 is 0 Å². The van der Waals surface area contributed by atoms with Crippen LogP contribution in [0.3, 0.4) is 0 Å². The first kappa shape index (κ1) is 14.1. The average Bonchev–Trinajstić information content (AvgIpc) is 2.27. The average molecular weight is 225 g/mol. The van der Waals surface area contributed by atoms with Gasteiger partial charge in [0.15, 0.2) is 6.04 Å². The van der Waals surface area contributed by atoms with Crippen molar-refractivity contribution in [2.24, 2.45) is 0 Å². The number of allylic oxidation sites excluding steroid dienone is 1. The Labute approximate surface area is 95.1 Å². The number of likely N-dealkylation sites (N-methyl/N-ethyl adjacent to an activating group) is 1. The van der Waals surface area contributed by atoms with E-state index in [0.29, 0.717) is 5.57 Å². The van der Waals surface area contributed by atoms with Gasteiger partial charge in [-0.15, -0.1) is 0 Å². The van der Waals surface area contributed by atoms with Crippen molar-refractivity contribution in [1.82, 2.24) is 5.32 Å². The molecule has 88 valence electrons. The number of hydrogen-bond donors (Lipinski definition) is 1. The predicted octanol–water partition coefficient (Wildman–Crippen LogP) is 0.713. The van der Waals surface area contributed by atoms with Crippen LogP contribution in [0.4, 0.5) is 4.79 Å². The number of ether oxygens (including phenoxy) is 1. The van der Waals surface area contributed by atoms with Crippen molar-refractivity contribution < 1.29 is 18.9 Å². The molecule has 16 heavy (non-hydrogen) atoms. The minimum Gasteiger partial charge on any atom is -0.453 e. The summed E-state index contributed by atoms with van der Waals surface area (Å²) in [5.74, 6) is -0.349. The van der Waals surface area contributed by atoms with Crippen molar-refractivity contribution in [3.05, 3.63) is 24.3 Å². The summed E-state index contributed by atoms with van der Waals surface area (Å²) >= 11 is 0. The first-order valence-corrected chi connectivity index (χ1v) is 4.69. The van der Waals surface area contributed by atoms with E-state index in [2.05, 4.69) is 23.4 Å². The third-order valence-electron chi connectivity index (χ3n) is 1.97. The van der Waals surface area contributed by atoms with Crippen molar-refractivity contribution in [3.8, 4) is 0 Å². The molecule has 1 atom stereocenters. The fourth-order valence-electron chi connectivity index (χ4n) is 1.09. The Kier molecular flexibility index (Phi) is 5.77. The minimum absolute atomic E-state index is 0.349. The van der Waals surface area contributed by atoms with Gasteiger partial charge in [0, 0.05) is 0 Å². The van der Waals surface area contributed by atoms with Crippen LogP contribution in [0, 0.1) is 0 Å². The summed E-state index contributed by atoms with van der Waals surface area (Å²) in [7, 11) is 2.73. The predicted molar refractivity (Wildman–Crippen MR) is 61.6 cm³/mol. The summed E-state index contributed by atoms with van der Waals surface area (Å²) in [5, 5.41) is 2.42. The van der Waals surface area contributed by atoms with Crippen LogP contribution in [-0.4, -0.2) is 43.5 Å². The van der Waals surface area contributed by atoms with Gasteiger partial charge in [-0.2, -0.15) is 4.58 Å². The lowest BCUT2D eigenvalue weighted by Crippen LogP contribution is -2.45. The van der Waals surface area contributed by atoms with E-state index in [9.17, 15) is 9.59 Å². The maximum atomic E-state index is 11.8. The molecule has 2 amide bonds. The fourth-order valence-corrected chi connectivity index (χ4v) is 1.09. The summed E-state index contributed by atoms with van der Waals surface area (Å²) < 4.78 is 5.59. The molecule has 0 aliphatic carbocycles. The second kappa shape index (κ2) is 6.55. The summed E-state index contributed by atoms with van der Waals surface area (Å²) in [6.45, 7) is 8.80. The molecule has 5 nitrogen and oxygen atoms in total. The van der Waals surface area contributed by atoms with E-state index in [1.165, 1.54) is 20.2 Å². The highest BCUT2D eigenvalue weighted by Crippen LogP contribution is 2.05. The molecule has 0 saturated carbocycles. The zero-order valence-electron chi connectivity index (χ0n) is 9.82. The topological polar surface area (TPSA) is 58.4 Å². The Morgan fingerprint density at radius 2 is 2.06 bits per heavy atom. The first-order valence-electron chi connectivity index (χ1n) is 4.69. The lowest BCUT2D eigenvalue weighted by atomic mass is 10.1. The fraction of sp³-hybridized carbons (Fsp3) is 0.364. The van der Waals surface area contributed by atoms with Crippen LogP contribution in [0.15, 0.2) is 24.3 Å². The molecule has 1 unspecified atom stereocenters. The quantitative estimate of drug-likeness (QED) is 0.435. The first-order chi connectivity index (χ1) is 7.47. The number of hydrogen-bond acceptors (Lipinski definition) is 3. The molecule has 0 radical (unpaired) electrons. The second-order valence-corrected chi connectivity index (χ2v) is 3.10. The summed E-state index contributed by atoms with van der Waals surface area (Å²) in [6.07, 6.45) is 2.51. The summed E-state index contributed by atoms with van der Waals surface area (Å²) in [4.78, 5) is 22.9. The number of carbonyl (C=O) groups is 2. The molecule has 0 aromatic rings. The standard InChI is InChI=1S/C11H16N2O3/c1-6-8(7-2)9(10(14)13(3)4)12-11(15)16-5/h6-7,9H,1,3H2,2,4-5H3/p+1. The Balaban J connectivity index is 5.05. The van der Waals surface area contributed by atoms with Gasteiger partial charge in [-0.05, 0) is 12.5 Å². The van der Waals surface area contributed by atoms with Gasteiger partial charge in [-0.25, -0.2) is 9.59 Å². The number of carbonyl (C=O) groups excluding carboxylic acids is 2. The molecular weight excluding hydrogens is 208 g/mol. The lowest BCUT2D eigenvalue weighted by molar-refractivity contribution is -0.411. The van der Waals surface area contributed by atoms with Crippen LogP contribution in [0.25, 0.3) is 0 Å². The Bertz CT molecular complexity index is 345. The van der Waals surface area contributed by atoms with Crippen LogP contribution in [0.1, 0.15) is 6.92 Å². The van der Waals surface area contributed by atoms with Gasteiger partial charge in [0.2, 0.25) is 0 Å². The zero-order valence-corrected chi connectivity index (χ0v) is 9.82. The van der Waals surface area contributed by atoms with Gasteiger partial charge in [-0.1, -0.05) is 18.7 Å². The summed E-state index contributed by atoms with van der Waals surface area (Å²) in [6, 6.07) is -0.822. The van der Waals surface area contributed by atoms with Gasteiger partial charge < -0.3 is 10.1 Å². The van der Waals surface area contributed by atoms with E-state index < -0.39 is 12.1 Å². The molecule has 0 saturated heterocycles. The number of nitrogens with one attached hydrogen (secondary N) is 1. The van der Waals surface area contributed by atoms with E-state index >= 15 is 0 Å². The summed E-state index contributed by atoms with van der Waals surface area (Å²) in [5.41, 5.74) is 0.589. The van der Waals surface area contributed by atoms with Crippen molar-refractivity contribution in [2.75, 3.05) is 14.2 Å². The highest BCUT2D eigenvalue weighted by Gasteiger charge is 2.29. The molecule has 1 N–H and O–H groups in total. The molecule has 5 heteroatoms. The Hall–Kier alpha value is -1.91. The SMILES string of the molecule is C=CC(=CC)C(NC(=O)OC)C(=O)[N+](=C)C. The Morgan fingerprint density at radius 3 is 2.38 bits per heavy atom. The van der Waals surface area contributed by atoms with Crippen LogP contribution in [0.2, 0.25) is 0 Å². The van der Waals surface area contributed by atoms with Gasteiger partial charge in [-0.3, -0.25) is 0 Å². The van der Waals surface area contributed by atoms with Gasteiger partial charge >= 0.3 is 12.0 Å². The van der Waals surface area contributed by atoms with E-state index in [1.54, 1.807) is 13.0 Å². The van der Waals surface area contributed by atoms with Crippen LogP contribution < -0.4 is 5.32 Å². The Morgan fingerprint density at radius 1 is 1.50 bits per heavy atom. The van der Waals surface area contributed by atoms with Crippen molar-refractivity contribution in [1.29, 1.82) is 0 Å². The highest BCUT2D eigenvalue weighted by molar-refractivity contribution is 5.84. The smallest absolute Gasteiger partial charge is 0.413 e. The molecule has 0 aliphatic heterocycles. The third kappa shape index (κ3) is 3.68. The number of alkyl carbamates (subject to hydrolysis) is 1. The molecule has 0 bridgehead atoms. The maximum Gasteiger partial charge on any atom is 0.413 e. The second-order valence-electron chi connectivity index (χ2n) is 3.10. The normalized spacial score (nSPS) is 12.6. The monoisotopic (exact) mass is 225 g/mol. The molecule has 0 aromatic carbocycles. The third-order valence-corrected chi connectivity index (χ3v) is 1.97. The van der Waals surface area contributed by atoms with E-state index in [0.717, 1.165) is 4.58 Å². The number of methoxy groups -OCH3 is 1. The van der Waals surface area contributed by atoms with Gasteiger partial charge in [0.25, 0.3) is 0 Å². The maximum absolute atomic E-state index is 11.8. The van der Waals surface area contributed by atoms with Gasteiger partial charge in [0.05, 0.1) is 7.11 Å². The van der Waals surface area contributed by atoms with Crippen molar-refractivity contribution >= 4 is 18.7 Å². The number of amides is 2. The molecule has 0 aromatic heterocycles. The molecular formula is C11H17N2O3+. The van der Waals surface area contributed by atoms with E-state index in [4.69, 9.17) is 0 Å². The molecule has 0 fully saturated rings. The number of rotatable bonds is 4. The van der Waals surface area contributed by atoms with Gasteiger partial charge in [0.1, 0.15) is 13.8 Å².